The molecule has 0 saturated carbocycles. The third kappa shape index (κ3) is 3.16. The minimum Gasteiger partial charge on any atom is -0.467 e. The summed E-state index contributed by atoms with van der Waals surface area (Å²) >= 11 is 1.57. The number of aromatic nitrogens is 1. The van der Waals surface area contributed by atoms with Gasteiger partial charge >= 0.3 is 0 Å². The van der Waals surface area contributed by atoms with E-state index in [1.165, 1.54) is 6.26 Å². The van der Waals surface area contributed by atoms with Crippen LogP contribution in [0.25, 0.3) is 0 Å². The normalized spacial score (nSPS) is 10.8. The Kier molecular flexibility index (Phi) is 4.08. The number of nitrogens with two attached hydrogens (primary N) is 1. The molecule has 0 aromatic carbocycles. The summed E-state index contributed by atoms with van der Waals surface area (Å²) in [6.45, 7) is 1.35. The Bertz CT molecular complexity index is 509. The molecule has 0 fully saturated rings. The molecular formula is C11H14N4O2S. The van der Waals surface area contributed by atoms with Gasteiger partial charge in [-0.25, -0.2) is 10.8 Å². The van der Waals surface area contributed by atoms with Gasteiger partial charge in [0.2, 0.25) is 0 Å². The molecule has 96 valence electrons. The number of thiazole rings is 1. The second-order valence-electron chi connectivity index (χ2n) is 3.93. The average molecular weight is 266 g/mol. The smallest absolute Gasteiger partial charge is 0.268 e. The first-order valence-electron chi connectivity index (χ1n) is 5.33. The second-order valence-corrected chi connectivity index (χ2v) is 4.65. The number of amides is 1. The average Bonchev–Trinajstić information content (AvgIpc) is 2.99. The summed E-state index contributed by atoms with van der Waals surface area (Å²) < 4.78 is 5.30. The van der Waals surface area contributed by atoms with E-state index in [0.29, 0.717) is 17.9 Å². The van der Waals surface area contributed by atoms with E-state index in [2.05, 4.69) is 15.3 Å². The van der Waals surface area contributed by atoms with Crippen LogP contribution >= 0.6 is 11.3 Å². The number of hydrogen-bond donors (Lipinski definition) is 2. The molecule has 0 radical (unpaired) electrons. The zero-order valence-electron chi connectivity index (χ0n) is 9.92. The van der Waals surface area contributed by atoms with E-state index in [0.717, 1.165) is 12.2 Å². The fraction of sp³-hybridized carbons (Fsp3) is 0.273. The minimum absolute atomic E-state index is 0.354. The molecule has 2 aromatic rings. The maximum Gasteiger partial charge on any atom is 0.268 e. The van der Waals surface area contributed by atoms with Gasteiger partial charge < -0.3 is 4.42 Å². The highest BCUT2D eigenvalue weighted by Gasteiger charge is 2.10. The number of furan rings is 1. The Labute approximate surface area is 108 Å². The van der Waals surface area contributed by atoms with Gasteiger partial charge in [0.15, 0.2) is 0 Å². The maximum atomic E-state index is 11.3. The van der Waals surface area contributed by atoms with E-state index < -0.39 is 0 Å². The topological polar surface area (TPSA) is 84.4 Å². The van der Waals surface area contributed by atoms with Crippen molar-refractivity contribution in [1.29, 1.82) is 0 Å². The SMILES string of the molecule is CN(Cc1cscn1)Cc1cc(C(=O)NN)co1. The lowest BCUT2D eigenvalue weighted by molar-refractivity contribution is 0.0953. The second kappa shape index (κ2) is 5.76. The van der Waals surface area contributed by atoms with Crippen LogP contribution < -0.4 is 11.3 Å². The van der Waals surface area contributed by atoms with Gasteiger partial charge in [-0.3, -0.25) is 15.1 Å². The molecule has 0 unspecified atom stereocenters. The molecule has 0 aliphatic heterocycles. The van der Waals surface area contributed by atoms with Gasteiger partial charge in [-0.15, -0.1) is 11.3 Å². The van der Waals surface area contributed by atoms with Gasteiger partial charge in [-0.2, -0.15) is 0 Å². The van der Waals surface area contributed by atoms with Crippen LogP contribution in [0.4, 0.5) is 0 Å². The Morgan fingerprint density at radius 1 is 1.61 bits per heavy atom. The molecule has 3 N–H and O–H groups in total. The van der Waals surface area contributed by atoms with E-state index in [1.54, 1.807) is 22.9 Å². The summed E-state index contributed by atoms with van der Waals surface area (Å²) in [5.74, 6) is 5.41. The van der Waals surface area contributed by atoms with Gasteiger partial charge in [-0.05, 0) is 13.1 Å². The van der Waals surface area contributed by atoms with E-state index in [-0.39, 0.29) is 5.91 Å². The Balaban J connectivity index is 1.92. The molecular weight excluding hydrogens is 252 g/mol. The van der Waals surface area contributed by atoms with Crippen LogP contribution in [-0.4, -0.2) is 22.8 Å². The number of carbonyl (C=O) groups excluding carboxylic acids is 1. The molecule has 2 rings (SSSR count). The molecule has 2 heterocycles. The summed E-state index contributed by atoms with van der Waals surface area (Å²) in [6.07, 6.45) is 1.40. The summed E-state index contributed by atoms with van der Waals surface area (Å²) in [6, 6.07) is 1.68. The van der Waals surface area contributed by atoms with Crippen LogP contribution in [0.1, 0.15) is 21.8 Å². The lowest BCUT2D eigenvalue weighted by Gasteiger charge is -2.12. The van der Waals surface area contributed by atoms with Crippen molar-refractivity contribution < 1.29 is 9.21 Å². The van der Waals surface area contributed by atoms with Crippen LogP contribution in [-0.2, 0) is 13.1 Å². The minimum atomic E-state index is -0.354. The monoisotopic (exact) mass is 266 g/mol. The number of nitrogens with zero attached hydrogens (tertiary/aromatic N) is 2. The highest BCUT2D eigenvalue weighted by atomic mass is 32.1. The van der Waals surface area contributed by atoms with Crippen molar-refractivity contribution in [3.8, 4) is 0 Å². The molecule has 0 atom stereocenters. The van der Waals surface area contributed by atoms with Crippen LogP contribution in [0.5, 0.6) is 0 Å². The standard InChI is InChI=1S/C11H14N4O2S/c1-15(3-9-6-18-7-13-9)4-10-2-8(5-17-10)11(16)14-12/h2,5-7H,3-4,12H2,1H3,(H,14,16). The Hall–Kier alpha value is -1.70. The summed E-state index contributed by atoms with van der Waals surface area (Å²) in [5.41, 5.74) is 5.32. The van der Waals surface area contributed by atoms with Crippen LogP contribution in [0.2, 0.25) is 0 Å². The maximum absolute atomic E-state index is 11.3. The molecule has 0 aliphatic rings. The molecule has 0 saturated heterocycles. The van der Waals surface area contributed by atoms with Crippen molar-refractivity contribution in [3.05, 3.63) is 40.2 Å². The van der Waals surface area contributed by atoms with Crippen molar-refractivity contribution in [1.82, 2.24) is 15.3 Å². The number of carbonyl (C=O) groups is 1. The first-order chi connectivity index (χ1) is 8.69. The van der Waals surface area contributed by atoms with E-state index in [1.807, 2.05) is 12.4 Å². The summed E-state index contributed by atoms with van der Waals surface area (Å²) in [4.78, 5) is 17.5. The number of hydrazine groups is 1. The lowest BCUT2D eigenvalue weighted by Crippen LogP contribution is -2.29. The fourth-order valence-corrected chi connectivity index (χ4v) is 2.13. The number of nitrogen functional groups attached to an aromatic ring is 1. The van der Waals surface area contributed by atoms with E-state index in [9.17, 15) is 4.79 Å². The molecule has 1 amide bonds. The van der Waals surface area contributed by atoms with Crippen molar-refractivity contribution in [2.75, 3.05) is 7.05 Å². The summed E-state index contributed by atoms with van der Waals surface area (Å²) in [7, 11) is 1.96. The third-order valence-electron chi connectivity index (χ3n) is 2.39. The highest BCUT2D eigenvalue weighted by molar-refractivity contribution is 7.07. The van der Waals surface area contributed by atoms with Crippen molar-refractivity contribution in [2.45, 2.75) is 13.1 Å². The lowest BCUT2D eigenvalue weighted by atomic mass is 10.3. The molecule has 0 spiro atoms. The van der Waals surface area contributed by atoms with Crippen LogP contribution in [0.15, 0.2) is 27.6 Å². The predicted molar refractivity (Wildman–Crippen MR) is 67.6 cm³/mol. The van der Waals surface area contributed by atoms with Gasteiger partial charge in [0, 0.05) is 11.9 Å². The molecule has 0 aliphatic carbocycles. The highest BCUT2D eigenvalue weighted by Crippen LogP contribution is 2.12. The van der Waals surface area contributed by atoms with Crippen LogP contribution in [0, 0.1) is 0 Å². The number of rotatable bonds is 5. The van der Waals surface area contributed by atoms with E-state index in [4.69, 9.17) is 10.3 Å². The molecule has 6 nitrogen and oxygen atoms in total. The largest absolute Gasteiger partial charge is 0.467 e. The van der Waals surface area contributed by atoms with Gasteiger partial charge in [0.25, 0.3) is 5.91 Å². The number of hydrogen-bond acceptors (Lipinski definition) is 6. The number of nitrogens with one attached hydrogen (secondary N) is 1. The molecule has 0 bridgehead atoms. The Morgan fingerprint density at radius 2 is 2.44 bits per heavy atom. The molecule has 2 aromatic heterocycles. The quantitative estimate of drug-likeness (QED) is 0.478. The van der Waals surface area contributed by atoms with Gasteiger partial charge in [0.05, 0.1) is 23.3 Å². The zero-order valence-corrected chi connectivity index (χ0v) is 10.7. The van der Waals surface area contributed by atoms with Crippen molar-refractivity contribution >= 4 is 17.2 Å². The van der Waals surface area contributed by atoms with Gasteiger partial charge in [-0.1, -0.05) is 0 Å². The first-order valence-corrected chi connectivity index (χ1v) is 6.27. The fourth-order valence-electron chi connectivity index (χ4n) is 1.58. The first kappa shape index (κ1) is 12.7. The third-order valence-corrected chi connectivity index (χ3v) is 3.02. The van der Waals surface area contributed by atoms with Crippen molar-refractivity contribution in [2.24, 2.45) is 5.84 Å². The Morgan fingerprint density at radius 3 is 3.11 bits per heavy atom. The zero-order chi connectivity index (χ0) is 13.0. The molecule has 18 heavy (non-hydrogen) atoms. The van der Waals surface area contributed by atoms with Crippen LogP contribution in [0.3, 0.4) is 0 Å². The van der Waals surface area contributed by atoms with Crippen molar-refractivity contribution in [3.63, 3.8) is 0 Å². The van der Waals surface area contributed by atoms with Gasteiger partial charge in [0.1, 0.15) is 12.0 Å². The molecule has 7 heteroatoms. The summed E-state index contributed by atoms with van der Waals surface area (Å²) in [5, 5.41) is 2.01. The predicted octanol–water partition coefficient (Wildman–Crippen LogP) is 0.972. The van der Waals surface area contributed by atoms with E-state index >= 15 is 0 Å².